The minimum absolute atomic E-state index is 0.196. The largest absolute Gasteiger partial charge is 0.493 e. The van der Waals surface area contributed by atoms with E-state index >= 15 is 0 Å². The van der Waals surface area contributed by atoms with Gasteiger partial charge in [-0.25, -0.2) is 9.59 Å². The molecule has 3 aromatic carbocycles. The molecule has 9 nitrogen and oxygen atoms in total. The number of benzene rings is 3. The van der Waals surface area contributed by atoms with Gasteiger partial charge in [-0.05, 0) is 61.4 Å². The van der Waals surface area contributed by atoms with Gasteiger partial charge in [0, 0.05) is 29.6 Å². The molecular formula is C30H33Cl2NO8. The van der Waals surface area contributed by atoms with Gasteiger partial charge >= 0.3 is 12.1 Å². The molecule has 0 radical (unpaired) electrons. The third-order valence-electron chi connectivity index (χ3n) is 5.82. The fourth-order valence-electron chi connectivity index (χ4n) is 3.84. The van der Waals surface area contributed by atoms with Crippen molar-refractivity contribution in [1.29, 1.82) is 0 Å². The number of aliphatic carboxylic acids is 1. The van der Waals surface area contributed by atoms with Crippen molar-refractivity contribution in [3.05, 3.63) is 82.3 Å². The molecule has 0 bridgehead atoms. The lowest BCUT2D eigenvalue weighted by atomic mass is 10.1. The first kappa shape index (κ1) is 31.9. The summed E-state index contributed by atoms with van der Waals surface area (Å²) in [5.41, 5.74) is 0.807. The molecule has 0 spiro atoms. The average Bonchev–Trinajstić information content (AvgIpc) is 2.94. The summed E-state index contributed by atoms with van der Waals surface area (Å²) in [6.45, 7) is 3.15. The highest BCUT2D eigenvalue weighted by Crippen LogP contribution is 2.27. The third-order valence-corrected chi connectivity index (χ3v) is 6.26. The average molecular weight is 606 g/mol. The zero-order chi connectivity index (χ0) is 29.6. The van der Waals surface area contributed by atoms with Crippen LogP contribution < -0.4 is 18.9 Å². The number of carbonyl (C=O) groups is 2. The lowest BCUT2D eigenvalue weighted by molar-refractivity contribution is -0.149. The van der Waals surface area contributed by atoms with Crippen molar-refractivity contribution in [3.63, 3.8) is 0 Å². The summed E-state index contributed by atoms with van der Waals surface area (Å²) < 4.78 is 27.8. The van der Waals surface area contributed by atoms with Crippen molar-refractivity contribution in [2.24, 2.45) is 0 Å². The smallest absolute Gasteiger partial charge is 0.415 e. The van der Waals surface area contributed by atoms with Crippen LogP contribution in [0.25, 0.3) is 0 Å². The minimum atomic E-state index is -1.01. The van der Waals surface area contributed by atoms with Crippen molar-refractivity contribution in [2.75, 3.05) is 40.0 Å². The second-order valence-corrected chi connectivity index (χ2v) is 9.66. The number of carboxylic acid groups (broad SMARTS) is 1. The molecule has 1 N–H and O–H groups in total. The molecule has 0 saturated heterocycles. The molecule has 3 rings (SSSR count). The van der Waals surface area contributed by atoms with E-state index in [-0.39, 0.29) is 19.6 Å². The highest BCUT2D eigenvalue weighted by Gasteiger charge is 2.19. The first-order valence-electron chi connectivity index (χ1n) is 13.0. The van der Waals surface area contributed by atoms with Crippen LogP contribution in [0.4, 0.5) is 4.79 Å². The Bertz CT molecular complexity index is 1250. The monoisotopic (exact) mass is 605 g/mol. The summed E-state index contributed by atoms with van der Waals surface area (Å²) in [5.74, 6) is 0.851. The summed E-state index contributed by atoms with van der Waals surface area (Å²) in [5, 5.41) is 10.2. The first-order chi connectivity index (χ1) is 19.8. The normalized spacial score (nSPS) is 11.4. The molecule has 220 valence electrons. The molecule has 0 aromatic heterocycles. The van der Waals surface area contributed by atoms with Gasteiger partial charge in [0.15, 0.2) is 17.6 Å². The van der Waals surface area contributed by atoms with Crippen molar-refractivity contribution in [1.82, 2.24) is 4.90 Å². The Labute approximate surface area is 249 Å². The quantitative estimate of drug-likeness (QED) is 0.187. The third kappa shape index (κ3) is 10.7. The molecular weight excluding hydrogens is 573 g/mol. The Balaban J connectivity index is 1.58. The molecule has 0 saturated carbocycles. The van der Waals surface area contributed by atoms with Crippen molar-refractivity contribution in [3.8, 4) is 23.0 Å². The van der Waals surface area contributed by atoms with Gasteiger partial charge in [-0.2, -0.15) is 0 Å². The Morgan fingerprint density at radius 3 is 2.17 bits per heavy atom. The second kappa shape index (κ2) is 16.6. The molecule has 11 heteroatoms. The standard InChI is InChI=1S/C30H33Cl2NO8/c1-3-38-28(29(34)35)17-21-9-11-24(12-10-21)40-16-14-33(30(36)41-27-8-5-4-7-26(27)37-2)13-6-15-39-25-19-22(31)18-23(32)20-25/h4-5,7-12,18-20,28H,3,6,13-17H2,1-2H3,(H,34,35). The fourth-order valence-corrected chi connectivity index (χ4v) is 4.35. The van der Waals surface area contributed by atoms with Crippen LogP contribution in [0, 0.1) is 0 Å². The summed E-state index contributed by atoms with van der Waals surface area (Å²) in [6.07, 6.45) is -0.718. The number of nitrogens with zero attached hydrogens (tertiary/aromatic N) is 1. The summed E-state index contributed by atoms with van der Waals surface area (Å²) in [7, 11) is 1.50. The molecule has 0 aliphatic rings. The maximum atomic E-state index is 13.1. The van der Waals surface area contributed by atoms with Gasteiger partial charge in [0.25, 0.3) is 0 Å². The molecule has 0 aliphatic heterocycles. The van der Waals surface area contributed by atoms with Gasteiger partial charge in [0.1, 0.15) is 18.1 Å². The summed E-state index contributed by atoms with van der Waals surface area (Å²) >= 11 is 12.1. The van der Waals surface area contributed by atoms with E-state index in [0.29, 0.717) is 59.2 Å². The maximum absolute atomic E-state index is 13.1. The summed E-state index contributed by atoms with van der Waals surface area (Å²) in [6, 6.07) is 18.9. The number of carbonyl (C=O) groups excluding carboxylic acids is 1. The SMILES string of the molecule is CCOC(Cc1ccc(OCCN(CCCOc2cc(Cl)cc(Cl)c2)C(=O)Oc2ccccc2OC)cc1)C(=O)O. The first-order valence-corrected chi connectivity index (χ1v) is 13.8. The number of methoxy groups -OCH3 is 1. The zero-order valence-electron chi connectivity index (χ0n) is 22.9. The van der Waals surface area contributed by atoms with Crippen molar-refractivity contribution in [2.45, 2.75) is 25.9 Å². The molecule has 1 amide bonds. The van der Waals surface area contributed by atoms with E-state index in [1.165, 1.54) is 12.0 Å². The van der Waals surface area contributed by atoms with Gasteiger partial charge in [-0.15, -0.1) is 0 Å². The Hall–Kier alpha value is -3.66. The topological polar surface area (TPSA) is 104 Å². The van der Waals surface area contributed by atoms with E-state index in [0.717, 1.165) is 5.56 Å². The Kier molecular flexibility index (Phi) is 12.9. The minimum Gasteiger partial charge on any atom is -0.493 e. The Morgan fingerprint density at radius 1 is 0.878 bits per heavy atom. The maximum Gasteiger partial charge on any atom is 0.415 e. The number of rotatable bonds is 16. The zero-order valence-corrected chi connectivity index (χ0v) is 24.4. The van der Waals surface area contributed by atoms with Gasteiger partial charge in [-0.3, -0.25) is 0 Å². The van der Waals surface area contributed by atoms with Crippen molar-refractivity contribution >= 4 is 35.3 Å². The highest BCUT2D eigenvalue weighted by atomic mass is 35.5. The van der Waals surface area contributed by atoms with Gasteiger partial charge in [0.05, 0.1) is 20.3 Å². The van der Waals surface area contributed by atoms with Crippen LogP contribution in [0.3, 0.4) is 0 Å². The van der Waals surface area contributed by atoms with Crippen LogP contribution >= 0.6 is 23.2 Å². The predicted octanol–water partition coefficient (Wildman–Crippen LogP) is 6.38. The number of hydrogen-bond donors (Lipinski definition) is 1. The molecule has 0 heterocycles. The number of ether oxygens (including phenoxy) is 5. The number of hydrogen-bond acceptors (Lipinski definition) is 7. The van der Waals surface area contributed by atoms with Crippen molar-refractivity contribution < 1.29 is 38.4 Å². The van der Waals surface area contributed by atoms with Gasteiger partial charge in [-0.1, -0.05) is 47.5 Å². The lowest BCUT2D eigenvalue weighted by Gasteiger charge is -2.23. The lowest BCUT2D eigenvalue weighted by Crippen LogP contribution is -2.38. The van der Waals surface area contributed by atoms with Gasteiger partial charge < -0.3 is 33.7 Å². The van der Waals surface area contributed by atoms with Gasteiger partial charge in [0.2, 0.25) is 0 Å². The van der Waals surface area contributed by atoms with E-state index in [1.54, 1.807) is 73.7 Å². The van der Waals surface area contributed by atoms with Crippen LogP contribution in [0.2, 0.25) is 10.0 Å². The molecule has 1 unspecified atom stereocenters. The Morgan fingerprint density at radius 2 is 1.54 bits per heavy atom. The highest BCUT2D eigenvalue weighted by molar-refractivity contribution is 6.34. The molecule has 1 atom stereocenters. The molecule has 41 heavy (non-hydrogen) atoms. The van der Waals surface area contributed by atoms with Crippen LogP contribution in [0.5, 0.6) is 23.0 Å². The van der Waals surface area contributed by atoms with Crippen LogP contribution in [0.15, 0.2) is 66.7 Å². The number of carboxylic acids is 1. The molecule has 3 aromatic rings. The van der Waals surface area contributed by atoms with E-state index in [4.69, 9.17) is 46.9 Å². The second-order valence-electron chi connectivity index (χ2n) is 8.79. The predicted molar refractivity (Wildman–Crippen MR) is 156 cm³/mol. The van der Waals surface area contributed by atoms with E-state index < -0.39 is 18.2 Å². The van der Waals surface area contributed by atoms with Crippen LogP contribution in [-0.4, -0.2) is 68.2 Å². The molecule has 0 fully saturated rings. The number of halogens is 2. The fraction of sp³-hybridized carbons (Fsp3) is 0.333. The van der Waals surface area contributed by atoms with E-state index in [1.807, 2.05) is 0 Å². The number of para-hydroxylation sites is 2. The van der Waals surface area contributed by atoms with Crippen LogP contribution in [0.1, 0.15) is 18.9 Å². The number of amides is 1. The van der Waals surface area contributed by atoms with E-state index in [9.17, 15) is 14.7 Å². The summed E-state index contributed by atoms with van der Waals surface area (Å²) in [4.78, 5) is 26.0. The molecule has 0 aliphatic carbocycles. The van der Waals surface area contributed by atoms with Crippen LogP contribution in [-0.2, 0) is 16.0 Å². The van der Waals surface area contributed by atoms with E-state index in [2.05, 4.69) is 0 Å².